The molecule has 1 aliphatic heterocycles. The Bertz CT molecular complexity index is 300. The van der Waals surface area contributed by atoms with Crippen LogP contribution in [0.5, 0.6) is 5.88 Å². The minimum atomic E-state index is 0.259. The predicted octanol–water partition coefficient (Wildman–Crippen LogP) is 2.24. The summed E-state index contributed by atoms with van der Waals surface area (Å²) in [5.74, 6) is 0.687. The van der Waals surface area contributed by atoms with Gasteiger partial charge in [0.1, 0.15) is 6.61 Å². The number of nitrogens with zero attached hydrogens (tertiary/aromatic N) is 1. The summed E-state index contributed by atoms with van der Waals surface area (Å²) in [6.45, 7) is 1.49. The van der Waals surface area contributed by atoms with Crippen molar-refractivity contribution in [1.82, 2.24) is 4.98 Å². The standard InChI is InChI=1S/C10H12INO2/c11-8-3-4-12-10(6-8)14-7-9-2-1-5-13-9/h3-4,6,9H,1-2,5,7H2. The first-order chi connectivity index (χ1) is 6.84. The lowest BCUT2D eigenvalue weighted by Crippen LogP contribution is -2.16. The molecule has 0 radical (unpaired) electrons. The van der Waals surface area contributed by atoms with E-state index >= 15 is 0 Å². The zero-order chi connectivity index (χ0) is 9.80. The first-order valence-corrected chi connectivity index (χ1v) is 5.78. The van der Waals surface area contributed by atoms with Gasteiger partial charge in [-0.05, 0) is 41.5 Å². The molecule has 1 atom stereocenters. The molecule has 1 fully saturated rings. The average Bonchev–Trinajstić information content (AvgIpc) is 2.67. The van der Waals surface area contributed by atoms with Crippen LogP contribution in [0, 0.1) is 3.57 Å². The molecule has 1 aromatic heterocycles. The van der Waals surface area contributed by atoms with Crippen LogP contribution < -0.4 is 4.74 Å². The van der Waals surface area contributed by atoms with E-state index < -0.39 is 0 Å². The maximum atomic E-state index is 5.53. The summed E-state index contributed by atoms with van der Waals surface area (Å²) in [6, 6.07) is 3.87. The Labute approximate surface area is 97.0 Å². The van der Waals surface area contributed by atoms with Gasteiger partial charge in [0.05, 0.1) is 6.10 Å². The van der Waals surface area contributed by atoms with E-state index in [9.17, 15) is 0 Å². The molecule has 2 heterocycles. The second-order valence-electron chi connectivity index (χ2n) is 3.26. The van der Waals surface area contributed by atoms with Crippen molar-refractivity contribution in [3.05, 3.63) is 21.9 Å². The summed E-state index contributed by atoms with van der Waals surface area (Å²) in [7, 11) is 0. The van der Waals surface area contributed by atoms with Crippen molar-refractivity contribution >= 4 is 22.6 Å². The van der Waals surface area contributed by atoms with Crippen molar-refractivity contribution in [1.29, 1.82) is 0 Å². The van der Waals surface area contributed by atoms with Crippen LogP contribution in [0.15, 0.2) is 18.3 Å². The maximum Gasteiger partial charge on any atom is 0.214 e. The summed E-state index contributed by atoms with van der Waals surface area (Å²) < 4.78 is 12.1. The molecule has 0 saturated carbocycles. The van der Waals surface area contributed by atoms with Gasteiger partial charge in [0.2, 0.25) is 5.88 Å². The van der Waals surface area contributed by atoms with Crippen molar-refractivity contribution in [2.45, 2.75) is 18.9 Å². The average molecular weight is 305 g/mol. The molecule has 1 unspecified atom stereocenters. The molecule has 4 heteroatoms. The summed E-state index contributed by atoms with van der Waals surface area (Å²) in [6.07, 6.45) is 4.26. The molecule has 0 aliphatic carbocycles. The Hall–Kier alpha value is -0.360. The van der Waals surface area contributed by atoms with Gasteiger partial charge >= 0.3 is 0 Å². The van der Waals surface area contributed by atoms with Crippen molar-refractivity contribution in [3.8, 4) is 5.88 Å². The number of hydrogen-bond acceptors (Lipinski definition) is 3. The second-order valence-corrected chi connectivity index (χ2v) is 4.50. The number of pyridine rings is 1. The summed E-state index contributed by atoms with van der Waals surface area (Å²) in [4.78, 5) is 4.12. The summed E-state index contributed by atoms with van der Waals surface area (Å²) >= 11 is 2.24. The van der Waals surface area contributed by atoms with Crippen LogP contribution in [-0.4, -0.2) is 24.3 Å². The smallest absolute Gasteiger partial charge is 0.214 e. The zero-order valence-corrected chi connectivity index (χ0v) is 9.94. The van der Waals surface area contributed by atoms with Crippen LogP contribution in [0.4, 0.5) is 0 Å². The van der Waals surface area contributed by atoms with E-state index in [-0.39, 0.29) is 6.10 Å². The SMILES string of the molecule is Ic1ccnc(OCC2CCCO2)c1. The minimum absolute atomic E-state index is 0.259. The van der Waals surface area contributed by atoms with Crippen LogP contribution in [0.25, 0.3) is 0 Å². The van der Waals surface area contributed by atoms with E-state index in [0.717, 1.165) is 23.0 Å². The molecule has 1 saturated heterocycles. The van der Waals surface area contributed by atoms with Crippen LogP contribution >= 0.6 is 22.6 Å². The Kier molecular flexibility index (Phi) is 3.58. The highest BCUT2D eigenvalue weighted by Crippen LogP contribution is 2.15. The lowest BCUT2D eigenvalue weighted by molar-refractivity contribution is 0.0663. The van der Waals surface area contributed by atoms with Gasteiger partial charge in [-0.15, -0.1) is 0 Å². The largest absolute Gasteiger partial charge is 0.475 e. The Morgan fingerprint density at radius 3 is 3.29 bits per heavy atom. The number of hydrogen-bond donors (Lipinski definition) is 0. The van der Waals surface area contributed by atoms with Crippen LogP contribution in [0.3, 0.4) is 0 Å². The highest BCUT2D eigenvalue weighted by atomic mass is 127. The summed E-state index contributed by atoms with van der Waals surface area (Å²) in [5.41, 5.74) is 0. The van der Waals surface area contributed by atoms with E-state index in [2.05, 4.69) is 27.6 Å². The summed E-state index contributed by atoms with van der Waals surface area (Å²) in [5, 5.41) is 0. The fraction of sp³-hybridized carbons (Fsp3) is 0.500. The fourth-order valence-electron chi connectivity index (χ4n) is 1.42. The normalized spacial score (nSPS) is 21.1. The molecule has 0 aromatic carbocycles. The van der Waals surface area contributed by atoms with Gasteiger partial charge in [0.15, 0.2) is 0 Å². The fourth-order valence-corrected chi connectivity index (χ4v) is 1.85. The monoisotopic (exact) mass is 305 g/mol. The Morgan fingerprint density at radius 2 is 2.57 bits per heavy atom. The molecule has 0 spiro atoms. The van der Waals surface area contributed by atoms with Gasteiger partial charge in [-0.3, -0.25) is 0 Å². The quantitative estimate of drug-likeness (QED) is 0.803. The van der Waals surface area contributed by atoms with Crippen molar-refractivity contribution in [2.75, 3.05) is 13.2 Å². The molecule has 14 heavy (non-hydrogen) atoms. The van der Waals surface area contributed by atoms with Gasteiger partial charge in [-0.25, -0.2) is 4.98 Å². The van der Waals surface area contributed by atoms with Gasteiger partial charge in [0.25, 0.3) is 0 Å². The van der Waals surface area contributed by atoms with Crippen molar-refractivity contribution in [3.63, 3.8) is 0 Å². The lowest BCUT2D eigenvalue weighted by Gasteiger charge is -2.10. The topological polar surface area (TPSA) is 31.4 Å². The van der Waals surface area contributed by atoms with Crippen LogP contribution in [-0.2, 0) is 4.74 Å². The number of aromatic nitrogens is 1. The van der Waals surface area contributed by atoms with E-state index in [1.54, 1.807) is 6.20 Å². The molecular weight excluding hydrogens is 293 g/mol. The number of ether oxygens (including phenoxy) is 2. The third-order valence-electron chi connectivity index (χ3n) is 2.14. The van der Waals surface area contributed by atoms with Crippen LogP contribution in [0.2, 0.25) is 0 Å². The van der Waals surface area contributed by atoms with E-state index in [4.69, 9.17) is 9.47 Å². The molecular formula is C10H12INO2. The number of rotatable bonds is 3. The minimum Gasteiger partial charge on any atom is -0.475 e. The second kappa shape index (κ2) is 4.93. The molecule has 1 aliphatic rings. The zero-order valence-electron chi connectivity index (χ0n) is 7.78. The van der Waals surface area contributed by atoms with E-state index in [1.165, 1.54) is 0 Å². The highest BCUT2D eigenvalue weighted by Gasteiger charge is 2.16. The van der Waals surface area contributed by atoms with Gasteiger partial charge in [-0.2, -0.15) is 0 Å². The molecule has 3 nitrogen and oxygen atoms in total. The van der Waals surface area contributed by atoms with Crippen molar-refractivity contribution < 1.29 is 9.47 Å². The molecule has 0 amide bonds. The number of halogens is 1. The third-order valence-corrected chi connectivity index (χ3v) is 2.81. The third kappa shape index (κ3) is 2.81. The predicted molar refractivity (Wildman–Crippen MR) is 61.4 cm³/mol. The van der Waals surface area contributed by atoms with Gasteiger partial charge in [0, 0.05) is 22.4 Å². The maximum absolute atomic E-state index is 5.53. The first-order valence-electron chi connectivity index (χ1n) is 4.70. The first kappa shape index (κ1) is 10.2. The van der Waals surface area contributed by atoms with Crippen LogP contribution in [0.1, 0.15) is 12.8 Å². The lowest BCUT2D eigenvalue weighted by atomic mass is 10.2. The Balaban J connectivity index is 1.85. The molecule has 1 aromatic rings. The van der Waals surface area contributed by atoms with Gasteiger partial charge < -0.3 is 9.47 Å². The molecule has 0 bridgehead atoms. The molecule has 0 N–H and O–H groups in total. The molecule has 76 valence electrons. The molecule has 2 rings (SSSR count). The van der Waals surface area contributed by atoms with Crippen molar-refractivity contribution in [2.24, 2.45) is 0 Å². The Morgan fingerprint density at radius 1 is 1.64 bits per heavy atom. The van der Waals surface area contributed by atoms with E-state index in [1.807, 2.05) is 12.1 Å². The van der Waals surface area contributed by atoms with Gasteiger partial charge in [-0.1, -0.05) is 0 Å². The van der Waals surface area contributed by atoms with E-state index in [0.29, 0.717) is 12.5 Å². The highest BCUT2D eigenvalue weighted by molar-refractivity contribution is 14.1.